The molecule has 1 aliphatic carbocycles. The van der Waals surface area contributed by atoms with Crippen LogP contribution in [0, 0.1) is 0 Å². The Morgan fingerprint density at radius 3 is 2.32 bits per heavy atom. The fourth-order valence-corrected chi connectivity index (χ4v) is 2.76. The van der Waals surface area contributed by atoms with E-state index in [9.17, 15) is 4.79 Å². The molecule has 0 unspecified atom stereocenters. The third-order valence-corrected chi connectivity index (χ3v) is 4.13. The number of rotatable bonds is 4. The summed E-state index contributed by atoms with van der Waals surface area (Å²) in [6.45, 7) is 0.552. The Kier molecular flexibility index (Phi) is 4.97. The molecule has 0 spiro atoms. The van der Waals surface area contributed by atoms with E-state index in [0.29, 0.717) is 19.0 Å². The summed E-state index contributed by atoms with van der Waals surface area (Å²) < 4.78 is 0. The number of hydrogen-bond acceptors (Lipinski definition) is 2. The number of nitrogens with two attached hydrogens (primary N) is 1. The fourth-order valence-electron chi connectivity index (χ4n) is 2.76. The van der Waals surface area contributed by atoms with Crippen LogP contribution in [0.25, 0.3) is 0 Å². The zero-order valence-corrected chi connectivity index (χ0v) is 11.8. The Balaban J connectivity index is 1.91. The third kappa shape index (κ3) is 3.80. The molecule has 3 heteroatoms. The van der Waals surface area contributed by atoms with Gasteiger partial charge in [0.2, 0.25) is 5.91 Å². The molecule has 2 rings (SSSR count). The Morgan fingerprint density at radius 1 is 1.16 bits per heavy atom. The minimum absolute atomic E-state index is 0.229. The van der Waals surface area contributed by atoms with Crippen molar-refractivity contribution < 1.29 is 4.79 Å². The molecule has 0 aliphatic heterocycles. The maximum atomic E-state index is 12.3. The zero-order valence-electron chi connectivity index (χ0n) is 11.8. The van der Waals surface area contributed by atoms with Gasteiger partial charge in [-0.05, 0) is 24.0 Å². The van der Waals surface area contributed by atoms with Crippen molar-refractivity contribution in [3.63, 3.8) is 0 Å². The van der Waals surface area contributed by atoms with E-state index in [1.165, 1.54) is 19.3 Å². The summed E-state index contributed by atoms with van der Waals surface area (Å²) in [7, 11) is 1.95. The van der Waals surface area contributed by atoms with Crippen molar-refractivity contribution in [2.45, 2.75) is 51.1 Å². The van der Waals surface area contributed by atoms with Crippen molar-refractivity contribution in [1.82, 2.24) is 4.90 Å². The van der Waals surface area contributed by atoms with Crippen molar-refractivity contribution in [1.29, 1.82) is 0 Å². The average Bonchev–Trinajstić information content (AvgIpc) is 2.48. The summed E-state index contributed by atoms with van der Waals surface area (Å²) in [5.41, 5.74) is 7.75. The molecule has 0 radical (unpaired) electrons. The molecule has 0 bridgehead atoms. The van der Waals surface area contributed by atoms with Crippen LogP contribution in [0.5, 0.6) is 0 Å². The van der Waals surface area contributed by atoms with Gasteiger partial charge in [-0.25, -0.2) is 0 Å². The molecule has 1 saturated carbocycles. The molecule has 1 aliphatic rings. The number of hydrogen-bond donors (Lipinski definition) is 1. The number of nitrogens with zero attached hydrogens (tertiary/aromatic N) is 1. The highest BCUT2D eigenvalue weighted by Gasteiger charge is 2.21. The standard InChI is InChI=1S/C16H24N2O/c1-18(15-5-3-2-4-6-15)16(19)11-13-7-9-14(12-17)10-8-13/h7-10,15H,2-6,11-12,17H2,1H3. The monoisotopic (exact) mass is 260 g/mol. The summed E-state index contributed by atoms with van der Waals surface area (Å²) in [6.07, 6.45) is 6.65. The predicted octanol–water partition coefficient (Wildman–Crippen LogP) is 2.48. The second-order valence-corrected chi connectivity index (χ2v) is 5.49. The molecule has 0 aromatic heterocycles. The highest BCUT2D eigenvalue weighted by atomic mass is 16.2. The van der Waals surface area contributed by atoms with Gasteiger partial charge >= 0.3 is 0 Å². The summed E-state index contributed by atoms with van der Waals surface area (Å²) in [5, 5.41) is 0. The zero-order chi connectivity index (χ0) is 13.7. The predicted molar refractivity (Wildman–Crippen MR) is 77.7 cm³/mol. The Hall–Kier alpha value is -1.35. The molecule has 2 N–H and O–H groups in total. The molecule has 1 fully saturated rings. The minimum atomic E-state index is 0.229. The van der Waals surface area contributed by atoms with Crippen molar-refractivity contribution in [2.24, 2.45) is 5.73 Å². The van der Waals surface area contributed by atoms with Crippen molar-refractivity contribution >= 4 is 5.91 Å². The first-order chi connectivity index (χ1) is 9.20. The number of likely N-dealkylation sites (N-methyl/N-ethyl adjacent to an activating group) is 1. The van der Waals surface area contributed by atoms with Gasteiger partial charge in [0.1, 0.15) is 0 Å². The normalized spacial score (nSPS) is 16.3. The van der Waals surface area contributed by atoms with Crippen LogP contribution in [0.1, 0.15) is 43.2 Å². The molecule has 1 aromatic rings. The molecular formula is C16H24N2O. The summed E-state index contributed by atoms with van der Waals surface area (Å²) >= 11 is 0. The molecule has 1 aromatic carbocycles. The Labute approximate surface area is 115 Å². The fraction of sp³-hybridized carbons (Fsp3) is 0.562. The molecule has 3 nitrogen and oxygen atoms in total. The molecule has 0 saturated heterocycles. The van der Waals surface area contributed by atoms with E-state index in [1.807, 2.05) is 36.2 Å². The van der Waals surface area contributed by atoms with Crippen molar-refractivity contribution in [3.8, 4) is 0 Å². The second kappa shape index (κ2) is 6.71. The van der Waals surface area contributed by atoms with Gasteiger partial charge in [0.25, 0.3) is 0 Å². The first kappa shape index (κ1) is 14.1. The van der Waals surface area contributed by atoms with Gasteiger partial charge < -0.3 is 10.6 Å². The van der Waals surface area contributed by atoms with E-state index in [-0.39, 0.29) is 5.91 Å². The maximum Gasteiger partial charge on any atom is 0.226 e. The van der Waals surface area contributed by atoms with Gasteiger partial charge in [-0.3, -0.25) is 4.79 Å². The van der Waals surface area contributed by atoms with Crippen molar-refractivity contribution in [2.75, 3.05) is 7.05 Å². The van der Waals surface area contributed by atoms with Crippen LogP contribution in [-0.4, -0.2) is 23.9 Å². The minimum Gasteiger partial charge on any atom is -0.342 e. The van der Waals surface area contributed by atoms with Crippen LogP contribution < -0.4 is 5.73 Å². The van der Waals surface area contributed by atoms with Crippen LogP contribution in [0.3, 0.4) is 0 Å². The Morgan fingerprint density at radius 2 is 1.74 bits per heavy atom. The van der Waals surface area contributed by atoms with Gasteiger partial charge in [-0.2, -0.15) is 0 Å². The van der Waals surface area contributed by atoms with E-state index in [1.54, 1.807) is 0 Å². The van der Waals surface area contributed by atoms with Crippen LogP contribution in [0.15, 0.2) is 24.3 Å². The largest absolute Gasteiger partial charge is 0.342 e. The summed E-state index contributed by atoms with van der Waals surface area (Å²) in [6, 6.07) is 8.47. The second-order valence-electron chi connectivity index (χ2n) is 5.49. The lowest BCUT2D eigenvalue weighted by Gasteiger charge is -2.31. The van der Waals surface area contributed by atoms with E-state index in [2.05, 4.69) is 0 Å². The highest BCUT2D eigenvalue weighted by molar-refractivity contribution is 5.78. The highest BCUT2D eigenvalue weighted by Crippen LogP contribution is 2.22. The number of carbonyl (C=O) groups is 1. The quantitative estimate of drug-likeness (QED) is 0.904. The number of amides is 1. The molecular weight excluding hydrogens is 236 g/mol. The number of carbonyl (C=O) groups excluding carboxylic acids is 1. The van der Waals surface area contributed by atoms with Crippen LogP contribution >= 0.6 is 0 Å². The first-order valence-corrected chi connectivity index (χ1v) is 7.24. The topological polar surface area (TPSA) is 46.3 Å². The van der Waals surface area contributed by atoms with E-state index in [4.69, 9.17) is 5.73 Å². The van der Waals surface area contributed by atoms with E-state index >= 15 is 0 Å². The van der Waals surface area contributed by atoms with Crippen LogP contribution in [0.4, 0.5) is 0 Å². The van der Waals surface area contributed by atoms with Gasteiger partial charge in [0.05, 0.1) is 6.42 Å². The first-order valence-electron chi connectivity index (χ1n) is 7.24. The Bertz CT molecular complexity index is 407. The third-order valence-electron chi connectivity index (χ3n) is 4.13. The molecule has 0 atom stereocenters. The lowest BCUT2D eigenvalue weighted by molar-refractivity contribution is -0.131. The van der Waals surface area contributed by atoms with Gasteiger partial charge in [0.15, 0.2) is 0 Å². The van der Waals surface area contributed by atoms with E-state index in [0.717, 1.165) is 24.0 Å². The van der Waals surface area contributed by atoms with Crippen LogP contribution in [0.2, 0.25) is 0 Å². The lowest BCUT2D eigenvalue weighted by Crippen LogP contribution is -2.39. The van der Waals surface area contributed by atoms with Crippen molar-refractivity contribution in [3.05, 3.63) is 35.4 Å². The van der Waals surface area contributed by atoms with E-state index < -0.39 is 0 Å². The smallest absolute Gasteiger partial charge is 0.226 e. The van der Waals surface area contributed by atoms with Crippen LogP contribution in [-0.2, 0) is 17.8 Å². The molecule has 1 amide bonds. The number of benzene rings is 1. The van der Waals surface area contributed by atoms with Gasteiger partial charge in [0, 0.05) is 19.6 Å². The molecule has 19 heavy (non-hydrogen) atoms. The van der Waals surface area contributed by atoms with Gasteiger partial charge in [-0.15, -0.1) is 0 Å². The average molecular weight is 260 g/mol. The lowest BCUT2D eigenvalue weighted by atomic mass is 9.94. The maximum absolute atomic E-state index is 12.3. The molecule has 0 heterocycles. The van der Waals surface area contributed by atoms with Gasteiger partial charge in [-0.1, -0.05) is 43.5 Å². The molecule has 104 valence electrons. The summed E-state index contributed by atoms with van der Waals surface area (Å²) in [4.78, 5) is 14.2. The summed E-state index contributed by atoms with van der Waals surface area (Å²) in [5.74, 6) is 0.229. The SMILES string of the molecule is CN(C(=O)Cc1ccc(CN)cc1)C1CCCCC1.